The number of morpholine rings is 1. The van der Waals surface area contributed by atoms with Crippen molar-refractivity contribution in [1.29, 1.82) is 0 Å². The third-order valence-electron chi connectivity index (χ3n) is 6.74. The first kappa shape index (κ1) is 24.3. The van der Waals surface area contributed by atoms with Gasteiger partial charge in [-0.25, -0.2) is 19.6 Å². The molecule has 0 unspecified atom stereocenters. The highest BCUT2D eigenvalue weighted by atomic mass is 16.5. The van der Waals surface area contributed by atoms with Gasteiger partial charge in [-0.15, -0.1) is 0 Å². The molecule has 4 aromatic rings. The van der Waals surface area contributed by atoms with Crippen LogP contribution in [-0.4, -0.2) is 78.4 Å². The molecule has 0 radical (unpaired) electrons. The Morgan fingerprint density at radius 2 is 1.87 bits per heavy atom. The number of nitrogens with zero attached hydrogens (tertiary/aromatic N) is 8. The maximum atomic E-state index is 6.45. The average Bonchev–Trinajstić information content (AvgIpc) is 3.46. The van der Waals surface area contributed by atoms with Gasteiger partial charge < -0.3 is 19.5 Å². The minimum atomic E-state index is -0.116. The van der Waals surface area contributed by atoms with Crippen LogP contribution < -0.4 is 14.8 Å². The van der Waals surface area contributed by atoms with E-state index in [2.05, 4.69) is 36.3 Å². The van der Waals surface area contributed by atoms with E-state index >= 15 is 0 Å². The molecule has 12 heteroatoms. The minimum absolute atomic E-state index is 0.116. The fourth-order valence-electron chi connectivity index (χ4n) is 4.61. The Morgan fingerprint density at radius 1 is 1.00 bits per heavy atom. The smallest absolute Gasteiger partial charge is 0.222 e. The van der Waals surface area contributed by atoms with Crippen LogP contribution >= 0.6 is 0 Å². The van der Waals surface area contributed by atoms with Gasteiger partial charge in [0.2, 0.25) is 5.88 Å². The fraction of sp³-hybridized carbons (Fsp3) is 0.423. The first-order chi connectivity index (χ1) is 18.5. The Balaban J connectivity index is 1.33. The predicted molar refractivity (Wildman–Crippen MR) is 140 cm³/mol. The van der Waals surface area contributed by atoms with Crippen LogP contribution in [0.4, 0.5) is 11.6 Å². The third kappa shape index (κ3) is 5.04. The number of aromatic nitrogens is 7. The molecule has 6 heterocycles. The molecular weight excluding hydrogens is 486 g/mol. The summed E-state index contributed by atoms with van der Waals surface area (Å²) in [6, 6.07) is 5.80. The number of aryl methyl sites for hydroxylation is 2. The maximum Gasteiger partial charge on any atom is 0.222 e. The molecule has 0 amide bonds. The summed E-state index contributed by atoms with van der Waals surface area (Å²) in [5, 5.41) is 12.4. The molecule has 38 heavy (non-hydrogen) atoms. The van der Waals surface area contributed by atoms with E-state index in [9.17, 15) is 0 Å². The molecule has 6 rings (SSSR count). The molecule has 2 aliphatic rings. The number of nitrogens with one attached hydrogen (secondary N) is 1. The second-order valence-corrected chi connectivity index (χ2v) is 9.54. The Hall–Kier alpha value is -4.03. The highest BCUT2D eigenvalue weighted by Crippen LogP contribution is 2.34. The molecule has 0 spiro atoms. The zero-order valence-corrected chi connectivity index (χ0v) is 21.8. The summed E-state index contributed by atoms with van der Waals surface area (Å²) in [6.07, 6.45) is 5.76. The second-order valence-electron chi connectivity index (χ2n) is 9.54. The highest BCUT2D eigenvalue weighted by molar-refractivity contribution is 5.70. The van der Waals surface area contributed by atoms with E-state index in [1.807, 2.05) is 31.8 Å². The highest BCUT2D eigenvalue weighted by Gasteiger charge is 2.21. The molecule has 1 saturated heterocycles. The van der Waals surface area contributed by atoms with Gasteiger partial charge in [-0.2, -0.15) is 10.2 Å². The average molecular weight is 518 g/mol. The largest absolute Gasteiger partial charge is 0.490 e. The molecule has 0 aliphatic carbocycles. The van der Waals surface area contributed by atoms with Crippen molar-refractivity contribution in [1.82, 2.24) is 39.4 Å². The van der Waals surface area contributed by atoms with E-state index in [0.717, 1.165) is 55.4 Å². The summed E-state index contributed by atoms with van der Waals surface area (Å²) in [6.45, 7) is 6.66. The number of hydrogen-bond donors (Lipinski definition) is 1. The Morgan fingerprint density at radius 3 is 2.74 bits per heavy atom. The lowest BCUT2D eigenvalue weighted by atomic mass is 10.1. The summed E-state index contributed by atoms with van der Waals surface area (Å²) < 4.78 is 21.7. The van der Waals surface area contributed by atoms with Crippen molar-refractivity contribution in [2.75, 3.05) is 38.2 Å². The zero-order valence-electron chi connectivity index (χ0n) is 21.8. The third-order valence-corrected chi connectivity index (χ3v) is 6.74. The van der Waals surface area contributed by atoms with E-state index in [4.69, 9.17) is 19.3 Å². The molecule has 1 fully saturated rings. The van der Waals surface area contributed by atoms with Gasteiger partial charge in [0.25, 0.3) is 0 Å². The topological polar surface area (TPSA) is 117 Å². The molecule has 4 bridgehead atoms. The Kier molecular flexibility index (Phi) is 6.64. The molecular formula is C26H31N9O3. The molecule has 1 N–H and O–H groups in total. The molecule has 0 aromatic carbocycles. The van der Waals surface area contributed by atoms with Gasteiger partial charge in [0, 0.05) is 58.6 Å². The monoisotopic (exact) mass is 517 g/mol. The van der Waals surface area contributed by atoms with Gasteiger partial charge in [-0.3, -0.25) is 9.58 Å². The lowest BCUT2D eigenvalue weighted by molar-refractivity contribution is 0.0331. The van der Waals surface area contributed by atoms with Gasteiger partial charge >= 0.3 is 0 Å². The first-order valence-corrected chi connectivity index (χ1v) is 12.8. The summed E-state index contributed by atoms with van der Waals surface area (Å²) in [7, 11) is 3.81. The van der Waals surface area contributed by atoms with E-state index in [0.29, 0.717) is 42.1 Å². The second kappa shape index (κ2) is 10.4. The predicted octanol–water partition coefficient (Wildman–Crippen LogP) is 2.80. The standard InChI is InChI=1S/C26H31N9O3/c1-17-5-9-37-26-20(15-29-34(26)3)25-27-6-4-23(31-25)30-24-13-22(38-17)19(14-28-24)21-12-18(33(2)32-21)16-35-7-10-36-11-8-35/h4,6,12-15,17H,5,7-11,16H2,1-3H3,(H,27,28,30,31)/t17-/m0/s1. The van der Waals surface area contributed by atoms with Crippen LogP contribution in [0, 0.1) is 0 Å². The van der Waals surface area contributed by atoms with Crippen LogP contribution in [-0.2, 0) is 25.4 Å². The van der Waals surface area contributed by atoms with Gasteiger partial charge in [0.15, 0.2) is 5.82 Å². The van der Waals surface area contributed by atoms with Crippen molar-refractivity contribution < 1.29 is 14.2 Å². The number of anilines is 2. The van der Waals surface area contributed by atoms with Crippen molar-refractivity contribution in [3.05, 3.63) is 42.5 Å². The molecule has 4 aromatic heterocycles. The van der Waals surface area contributed by atoms with Gasteiger partial charge in [-0.1, -0.05) is 0 Å². The van der Waals surface area contributed by atoms with E-state index < -0.39 is 0 Å². The zero-order chi connectivity index (χ0) is 26.1. The fourth-order valence-corrected chi connectivity index (χ4v) is 4.61. The number of fused-ring (bicyclic) bond motifs is 6. The van der Waals surface area contributed by atoms with Gasteiger partial charge in [0.1, 0.15) is 22.9 Å². The van der Waals surface area contributed by atoms with E-state index in [1.165, 1.54) is 0 Å². The number of ether oxygens (including phenoxy) is 3. The van der Waals surface area contributed by atoms with E-state index in [1.54, 1.807) is 29.3 Å². The maximum absolute atomic E-state index is 6.45. The van der Waals surface area contributed by atoms with Crippen molar-refractivity contribution >= 4 is 11.6 Å². The Labute approximate surface area is 220 Å². The van der Waals surface area contributed by atoms with Crippen molar-refractivity contribution in [3.8, 4) is 34.3 Å². The van der Waals surface area contributed by atoms with Gasteiger partial charge in [-0.05, 0) is 19.1 Å². The molecule has 198 valence electrons. The summed E-state index contributed by atoms with van der Waals surface area (Å²) >= 11 is 0. The van der Waals surface area contributed by atoms with Crippen molar-refractivity contribution in [3.63, 3.8) is 0 Å². The number of hydrogen-bond acceptors (Lipinski definition) is 10. The molecule has 1 atom stereocenters. The van der Waals surface area contributed by atoms with Crippen LogP contribution in [0.5, 0.6) is 11.6 Å². The van der Waals surface area contributed by atoms with Crippen LogP contribution in [0.15, 0.2) is 36.8 Å². The first-order valence-electron chi connectivity index (χ1n) is 12.8. The molecule has 2 aliphatic heterocycles. The minimum Gasteiger partial charge on any atom is -0.490 e. The van der Waals surface area contributed by atoms with E-state index in [-0.39, 0.29) is 6.10 Å². The summed E-state index contributed by atoms with van der Waals surface area (Å²) in [4.78, 5) is 16.1. The van der Waals surface area contributed by atoms with Crippen LogP contribution in [0.25, 0.3) is 22.6 Å². The lowest BCUT2D eigenvalue weighted by Gasteiger charge is -2.26. The number of pyridine rings is 1. The quantitative estimate of drug-likeness (QED) is 0.435. The summed E-state index contributed by atoms with van der Waals surface area (Å²) in [5.41, 5.74) is 3.50. The normalized spacial score (nSPS) is 18.0. The molecule has 0 saturated carbocycles. The van der Waals surface area contributed by atoms with Crippen LogP contribution in [0.1, 0.15) is 19.0 Å². The molecule has 12 nitrogen and oxygen atoms in total. The van der Waals surface area contributed by atoms with Crippen LogP contribution in [0.3, 0.4) is 0 Å². The van der Waals surface area contributed by atoms with Crippen molar-refractivity contribution in [2.45, 2.75) is 26.0 Å². The summed E-state index contributed by atoms with van der Waals surface area (Å²) in [5.74, 6) is 3.05. The number of rotatable bonds is 3. The van der Waals surface area contributed by atoms with Gasteiger partial charge in [0.05, 0.1) is 49.1 Å². The lowest BCUT2D eigenvalue weighted by Crippen LogP contribution is -2.36. The SMILES string of the molecule is C[C@H]1CCOc2c(cnn2C)-c2nccc(n2)Nc2cc(c(-c3cc(CN4CCOCC4)n(C)n3)cn2)O1. The Bertz CT molecular complexity index is 1430. The van der Waals surface area contributed by atoms with Crippen LogP contribution in [0.2, 0.25) is 0 Å². The van der Waals surface area contributed by atoms with Crippen molar-refractivity contribution in [2.24, 2.45) is 14.1 Å².